The van der Waals surface area contributed by atoms with Gasteiger partial charge in [0.2, 0.25) is 0 Å². The van der Waals surface area contributed by atoms with Crippen LogP contribution in [0.4, 0.5) is 0 Å². The van der Waals surface area contributed by atoms with E-state index < -0.39 is 0 Å². The lowest BCUT2D eigenvalue weighted by atomic mass is 9.89. The third-order valence-corrected chi connectivity index (χ3v) is 3.63. The number of hydrogen-bond donors (Lipinski definition) is 2. The Hall–Kier alpha value is -1.96. The molecular weight excluding hydrogens is 248 g/mol. The van der Waals surface area contributed by atoms with E-state index in [0.29, 0.717) is 17.4 Å². The van der Waals surface area contributed by atoms with E-state index in [-0.39, 0.29) is 0 Å². The molecule has 0 radical (unpaired) electrons. The Bertz CT molecular complexity index is 549. The largest absolute Gasteiger partial charge is 0.508 e. The van der Waals surface area contributed by atoms with E-state index in [1.165, 1.54) is 0 Å². The van der Waals surface area contributed by atoms with Gasteiger partial charge in [0.05, 0.1) is 0 Å². The summed E-state index contributed by atoms with van der Waals surface area (Å²) in [5.41, 5.74) is 2.16. The zero-order valence-electron chi connectivity index (χ0n) is 11.9. The van der Waals surface area contributed by atoms with Crippen LogP contribution in [0, 0.1) is 5.92 Å². The average Bonchev–Trinajstić information content (AvgIpc) is 2.42. The Balaban J connectivity index is 2.09. The number of hydrogen-bond acceptors (Lipinski definition) is 2. The lowest BCUT2D eigenvalue weighted by molar-refractivity contribution is 0.437. The molecule has 2 rings (SSSR count). The maximum atomic E-state index is 9.90. The van der Waals surface area contributed by atoms with Crippen LogP contribution >= 0.6 is 0 Å². The molecule has 0 aliphatic rings. The van der Waals surface area contributed by atoms with Crippen LogP contribution < -0.4 is 0 Å². The van der Waals surface area contributed by atoms with Crippen molar-refractivity contribution >= 4 is 0 Å². The Morgan fingerprint density at radius 3 is 2.45 bits per heavy atom. The first kappa shape index (κ1) is 14.4. The van der Waals surface area contributed by atoms with Crippen LogP contribution in [0.15, 0.2) is 48.5 Å². The first-order chi connectivity index (χ1) is 9.69. The van der Waals surface area contributed by atoms with Crippen LogP contribution in [0.5, 0.6) is 11.5 Å². The average molecular weight is 270 g/mol. The normalized spacial score (nSPS) is 12.2. The second-order valence-electron chi connectivity index (χ2n) is 5.36. The van der Waals surface area contributed by atoms with Gasteiger partial charge in [-0.05, 0) is 48.1 Å². The molecule has 1 atom stereocenters. The Morgan fingerprint density at radius 2 is 1.75 bits per heavy atom. The molecule has 0 spiro atoms. The number of phenols is 2. The predicted octanol–water partition coefficient (Wildman–Crippen LogP) is 4.30. The maximum Gasteiger partial charge on any atom is 0.118 e. The van der Waals surface area contributed by atoms with E-state index >= 15 is 0 Å². The number of rotatable bonds is 6. The molecule has 0 bridgehead atoms. The van der Waals surface area contributed by atoms with Gasteiger partial charge in [-0.2, -0.15) is 0 Å². The molecule has 0 saturated heterocycles. The van der Waals surface area contributed by atoms with Crippen molar-refractivity contribution in [3.63, 3.8) is 0 Å². The van der Waals surface area contributed by atoms with Crippen LogP contribution in [0.2, 0.25) is 0 Å². The summed E-state index contributed by atoms with van der Waals surface area (Å²) in [5.74, 6) is 1.18. The van der Waals surface area contributed by atoms with Gasteiger partial charge < -0.3 is 10.2 Å². The summed E-state index contributed by atoms with van der Waals surface area (Å²) >= 11 is 0. The van der Waals surface area contributed by atoms with Gasteiger partial charge >= 0.3 is 0 Å². The summed E-state index contributed by atoms with van der Waals surface area (Å²) in [5, 5.41) is 19.4. The highest BCUT2D eigenvalue weighted by molar-refractivity contribution is 5.33. The molecule has 2 heteroatoms. The third kappa shape index (κ3) is 4.02. The summed E-state index contributed by atoms with van der Waals surface area (Å²) in [6.45, 7) is 2.18. The van der Waals surface area contributed by atoms with E-state index in [0.717, 1.165) is 36.8 Å². The summed E-state index contributed by atoms with van der Waals surface area (Å²) in [6.07, 6.45) is 4.04. The topological polar surface area (TPSA) is 40.5 Å². The highest BCUT2D eigenvalue weighted by atomic mass is 16.3. The molecule has 0 aliphatic heterocycles. The Morgan fingerprint density at radius 1 is 0.950 bits per heavy atom. The maximum absolute atomic E-state index is 9.90. The SMILES string of the molecule is CCCC(Cc1cccc(O)c1)Cc1ccccc1O. The van der Waals surface area contributed by atoms with Crippen LogP contribution in [0.1, 0.15) is 30.9 Å². The lowest BCUT2D eigenvalue weighted by Gasteiger charge is -2.17. The van der Waals surface area contributed by atoms with Gasteiger partial charge in [-0.15, -0.1) is 0 Å². The number of aromatic hydroxyl groups is 2. The van der Waals surface area contributed by atoms with Crippen molar-refractivity contribution in [2.45, 2.75) is 32.6 Å². The van der Waals surface area contributed by atoms with Crippen molar-refractivity contribution in [3.05, 3.63) is 59.7 Å². The predicted molar refractivity (Wildman–Crippen MR) is 82.0 cm³/mol. The van der Waals surface area contributed by atoms with Crippen LogP contribution in [-0.2, 0) is 12.8 Å². The molecule has 20 heavy (non-hydrogen) atoms. The molecule has 0 heterocycles. The quantitative estimate of drug-likeness (QED) is 0.821. The molecule has 2 aromatic rings. The lowest BCUT2D eigenvalue weighted by Crippen LogP contribution is -2.08. The third-order valence-electron chi connectivity index (χ3n) is 3.63. The first-order valence-corrected chi connectivity index (χ1v) is 7.23. The van der Waals surface area contributed by atoms with E-state index in [4.69, 9.17) is 0 Å². The van der Waals surface area contributed by atoms with Gasteiger partial charge in [-0.25, -0.2) is 0 Å². The van der Waals surface area contributed by atoms with Crippen molar-refractivity contribution in [2.75, 3.05) is 0 Å². The van der Waals surface area contributed by atoms with Crippen LogP contribution in [0.25, 0.3) is 0 Å². The molecule has 0 saturated carbocycles. The van der Waals surface area contributed by atoms with E-state index in [1.54, 1.807) is 12.1 Å². The minimum absolute atomic E-state index is 0.320. The van der Waals surface area contributed by atoms with Gasteiger partial charge in [0.1, 0.15) is 11.5 Å². The molecule has 0 aliphatic carbocycles. The minimum Gasteiger partial charge on any atom is -0.508 e. The van der Waals surface area contributed by atoms with Crippen LogP contribution in [-0.4, -0.2) is 10.2 Å². The van der Waals surface area contributed by atoms with E-state index in [1.807, 2.05) is 36.4 Å². The van der Waals surface area contributed by atoms with Gasteiger partial charge in [-0.3, -0.25) is 0 Å². The van der Waals surface area contributed by atoms with Gasteiger partial charge in [0.25, 0.3) is 0 Å². The molecule has 2 aromatic carbocycles. The number of benzene rings is 2. The fourth-order valence-corrected chi connectivity index (χ4v) is 2.70. The molecule has 0 amide bonds. The van der Waals surface area contributed by atoms with Crippen LogP contribution in [0.3, 0.4) is 0 Å². The summed E-state index contributed by atoms with van der Waals surface area (Å²) in [7, 11) is 0. The fourth-order valence-electron chi connectivity index (χ4n) is 2.70. The van der Waals surface area contributed by atoms with Crippen molar-refractivity contribution in [1.29, 1.82) is 0 Å². The molecule has 0 fully saturated rings. The van der Waals surface area contributed by atoms with Crippen molar-refractivity contribution in [2.24, 2.45) is 5.92 Å². The standard InChI is InChI=1S/C18H22O2/c1-2-6-14(11-15-7-5-9-17(19)13-15)12-16-8-3-4-10-18(16)20/h3-5,7-10,13-14,19-20H,2,6,11-12H2,1H3. The Labute approximate surface area is 120 Å². The second kappa shape index (κ2) is 6.99. The zero-order chi connectivity index (χ0) is 14.4. The summed E-state index contributed by atoms with van der Waals surface area (Å²) in [4.78, 5) is 0. The highest BCUT2D eigenvalue weighted by Gasteiger charge is 2.12. The fraction of sp³-hybridized carbons (Fsp3) is 0.333. The molecule has 106 valence electrons. The molecule has 0 aromatic heterocycles. The van der Waals surface area contributed by atoms with Gasteiger partial charge in [0.15, 0.2) is 0 Å². The second-order valence-corrected chi connectivity index (χ2v) is 5.36. The molecular formula is C18H22O2. The first-order valence-electron chi connectivity index (χ1n) is 7.23. The van der Waals surface area contributed by atoms with Gasteiger partial charge in [-0.1, -0.05) is 50.1 Å². The zero-order valence-corrected chi connectivity index (χ0v) is 11.9. The van der Waals surface area contributed by atoms with Crippen molar-refractivity contribution < 1.29 is 10.2 Å². The highest BCUT2D eigenvalue weighted by Crippen LogP contribution is 2.25. The van der Waals surface area contributed by atoms with E-state index in [9.17, 15) is 10.2 Å². The molecule has 2 nitrogen and oxygen atoms in total. The number of para-hydroxylation sites is 1. The Kier molecular flexibility index (Phi) is 5.05. The smallest absolute Gasteiger partial charge is 0.118 e. The summed E-state index contributed by atoms with van der Waals surface area (Å²) < 4.78 is 0. The molecule has 2 N–H and O–H groups in total. The number of phenolic OH excluding ortho intramolecular Hbond substituents is 2. The van der Waals surface area contributed by atoms with Crippen molar-refractivity contribution in [1.82, 2.24) is 0 Å². The molecule has 1 unspecified atom stereocenters. The minimum atomic E-state index is 0.320. The van der Waals surface area contributed by atoms with Crippen molar-refractivity contribution in [3.8, 4) is 11.5 Å². The van der Waals surface area contributed by atoms with Gasteiger partial charge in [0, 0.05) is 0 Å². The monoisotopic (exact) mass is 270 g/mol. The summed E-state index contributed by atoms with van der Waals surface area (Å²) in [6, 6.07) is 15.0. The van der Waals surface area contributed by atoms with E-state index in [2.05, 4.69) is 6.92 Å².